The highest BCUT2D eigenvalue weighted by Crippen LogP contribution is 2.35. The fraction of sp³-hybridized carbons (Fsp3) is 0.200. The Hall–Kier alpha value is -1.61. The summed E-state index contributed by atoms with van der Waals surface area (Å²) >= 11 is 0. The molecule has 0 aromatic heterocycles. The number of aromatic hydroxyl groups is 1. The van der Waals surface area contributed by atoms with Crippen LogP contribution in [-0.4, -0.2) is 14.9 Å². The number of benzene rings is 2. The third kappa shape index (κ3) is 3.28. The molecule has 0 aliphatic heterocycles. The molecule has 0 saturated carbocycles. The predicted octanol–water partition coefficient (Wildman–Crippen LogP) is 3.31. The van der Waals surface area contributed by atoms with Gasteiger partial charge in [0.1, 0.15) is 11.5 Å². The maximum Gasteiger partial charge on any atom is 0.391 e. The Kier molecular flexibility index (Phi) is 4.29. The van der Waals surface area contributed by atoms with Crippen LogP contribution in [0.2, 0.25) is 0 Å². The van der Waals surface area contributed by atoms with Gasteiger partial charge in [-0.15, -0.1) is 0 Å². The van der Waals surface area contributed by atoms with Crippen molar-refractivity contribution in [2.75, 3.05) is 0 Å². The first-order valence-corrected chi connectivity index (χ1v) is 7.32. The van der Waals surface area contributed by atoms with Crippen LogP contribution in [0, 0.1) is 0 Å². The molecular formula is C15H17O4P. The second kappa shape index (κ2) is 5.80. The van der Waals surface area contributed by atoms with Crippen LogP contribution in [0.15, 0.2) is 48.5 Å². The third-order valence-corrected chi connectivity index (χ3v) is 3.73. The molecule has 0 aliphatic rings. The average Bonchev–Trinajstić information content (AvgIpc) is 2.39. The maximum atomic E-state index is 9.35. The van der Waals surface area contributed by atoms with Crippen LogP contribution >= 0.6 is 8.60 Å². The van der Waals surface area contributed by atoms with Crippen LogP contribution in [0.25, 0.3) is 0 Å². The highest BCUT2D eigenvalue weighted by atomic mass is 31.2. The van der Waals surface area contributed by atoms with Crippen LogP contribution in [0.1, 0.15) is 25.0 Å². The molecule has 0 bridgehead atoms. The van der Waals surface area contributed by atoms with E-state index in [0.29, 0.717) is 5.75 Å². The molecule has 5 heteroatoms. The molecule has 0 spiro atoms. The summed E-state index contributed by atoms with van der Waals surface area (Å²) in [5.41, 5.74) is 1.92. The average molecular weight is 292 g/mol. The summed E-state index contributed by atoms with van der Waals surface area (Å²) < 4.78 is 4.85. The van der Waals surface area contributed by atoms with E-state index in [1.54, 1.807) is 24.3 Å². The number of hydrogen-bond acceptors (Lipinski definition) is 4. The summed E-state index contributed by atoms with van der Waals surface area (Å²) in [6, 6.07) is 14.3. The zero-order valence-corrected chi connectivity index (χ0v) is 12.2. The second-order valence-electron chi connectivity index (χ2n) is 5.04. The summed E-state index contributed by atoms with van der Waals surface area (Å²) in [5.74, 6) is 0.666. The smallest absolute Gasteiger partial charge is 0.391 e. The fourth-order valence-corrected chi connectivity index (χ4v) is 2.38. The van der Waals surface area contributed by atoms with Crippen LogP contribution in [-0.2, 0) is 5.41 Å². The molecule has 4 nitrogen and oxygen atoms in total. The van der Waals surface area contributed by atoms with E-state index in [1.165, 1.54) is 0 Å². The van der Waals surface area contributed by atoms with Crippen molar-refractivity contribution in [3.8, 4) is 11.5 Å². The van der Waals surface area contributed by atoms with Crippen molar-refractivity contribution in [2.45, 2.75) is 19.3 Å². The van der Waals surface area contributed by atoms with Crippen LogP contribution in [0.3, 0.4) is 0 Å². The van der Waals surface area contributed by atoms with Crippen molar-refractivity contribution >= 4 is 8.60 Å². The maximum absolute atomic E-state index is 9.35. The van der Waals surface area contributed by atoms with Gasteiger partial charge in [0, 0.05) is 5.41 Å². The molecule has 0 heterocycles. The van der Waals surface area contributed by atoms with Gasteiger partial charge in [0.15, 0.2) is 0 Å². The van der Waals surface area contributed by atoms with Gasteiger partial charge < -0.3 is 19.4 Å². The van der Waals surface area contributed by atoms with Crippen molar-refractivity contribution in [1.82, 2.24) is 0 Å². The molecule has 0 saturated heterocycles. The van der Waals surface area contributed by atoms with E-state index in [2.05, 4.69) is 13.8 Å². The summed E-state index contributed by atoms with van der Waals surface area (Å²) in [5, 5.41) is 9.35. The van der Waals surface area contributed by atoms with Crippen molar-refractivity contribution < 1.29 is 19.4 Å². The summed E-state index contributed by atoms with van der Waals surface area (Å²) in [6.07, 6.45) is 0. The van der Waals surface area contributed by atoms with Gasteiger partial charge in [0.05, 0.1) is 0 Å². The van der Waals surface area contributed by atoms with Gasteiger partial charge in [-0.1, -0.05) is 38.1 Å². The molecule has 0 fully saturated rings. The lowest BCUT2D eigenvalue weighted by Gasteiger charge is -2.26. The van der Waals surface area contributed by atoms with Gasteiger partial charge >= 0.3 is 8.60 Å². The highest BCUT2D eigenvalue weighted by molar-refractivity contribution is 7.39. The van der Waals surface area contributed by atoms with E-state index in [9.17, 15) is 5.11 Å². The minimum Gasteiger partial charge on any atom is -0.508 e. The summed E-state index contributed by atoms with van der Waals surface area (Å²) in [7, 11) is -2.39. The molecule has 0 radical (unpaired) electrons. The molecule has 3 N–H and O–H groups in total. The first-order valence-electron chi connectivity index (χ1n) is 6.15. The lowest BCUT2D eigenvalue weighted by molar-refractivity contribution is 0.375. The molecule has 0 amide bonds. The van der Waals surface area contributed by atoms with Crippen molar-refractivity contribution in [3.63, 3.8) is 0 Å². The predicted molar refractivity (Wildman–Crippen MR) is 78.7 cm³/mol. The van der Waals surface area contributed by atoms with Crippen molar-refractivity contribution in [2.24, 2.45) is 0 Å². The van der Waals surface area contributed by atoms with E-state index >= 15 is 0 Å². The number of phenols is 1. The van der Waals surface area contributed by atoms with Crippen LogP contribution < -0.4 is 4.52 Å². The first kappa shape index (κ1) is 14.8. The topological polar surface area (TPSA) is 69.9 Å². The summed E-state index contributed by atoms with van der Waals surface area (Å²) in [4.78, 5) is 17.6. The summed E-state index contributed by atoms with van der Waals surface area (Å²) in [6.45, 7) is 4.17. The van der Waals surface area contributed by atoms with E-state index in [4.69, 9.17) is 14.3 Å². The van der Waals surface area contributed by atoms with E-state index in [1.807, 2.05) is 24.3 Å². The normalized spacial score (nSPS) is 11.7. The number of hydrogen-bond donors (Lipinski definition) is 3. The Morgan fingerprint density at radius 1 is 0.850 bits per heavy atom. The first-order chi connectivity index (χ1) is 9.39. The van der Waals surface area contributed by atoms with E-state index < -0.39 is 8.60 Å². The zero-order valence-electron chi connectivity index (χ0n) is 11.3. The van der Waals surface area contributed by atoms with Crippen molar-refractivity contribution in [3.05, 3.63) is 59.7 Å². The molecule has 20 heavy (non-hydrogen) atoms. The molecule has 0 atom stereocenters. The molecular weight excluding hydrogens is 275 g/mol. The van der Waals surface area contributed by atoms with Gasteiger partial charge in [-0.05, 0) is 35.4 Å². The molecule has 2 rings (SSSR count). The standard InChI is InChI=1S/C15H17O4P/c1-15(2,11-3-7-13(16)8-4-11)12-5-9-14(10-6-12)19-20(17)18/h3-10,16-18H,1-2H3. The Labute approximate surface area is 119 Å². The quantitative estimate of drug-likeness (QED) is 0.756. The second-order valence-corrected chi connectivity index (χ2v) is 5.73. The Morgan fingerprint density at radius 2 is 1.30 bits per heavy atom. The van der Waals surface area contributed by atoms with Crippen LogP contribution in [0.4, 0.5) is 0 Å². The third-order valence-electron chi connectivity index (χ3n) is 3.35. The Balaban J connectivity index is 2.27. The van der Waals surface area contributed by atoms with Gasteiger partial charge in [-0.2, -0.15) is 0 Å². The monoisotopic (exact) mass is 292 g/mol. The zero-order chi connectivity index (χ0) is 14.8. The molecule has 106 valence electrons. The number of phenolic OH excluding ortho intramolecular Hbond substituents is 1. The largest absolute Gasteiger partial charge is 0.508 e. The highest BCUT2D eigenvalue weighted by Gasteiger charge is 2.23. The molecule has 0 aliphatic carbocycles. The minimum absolute atomic E-state index is 0.227. The van der Waals surface area contributed by atoms with Gasteiger partial charge in [0.2, 0.25) is 0 Å². The van der Waals surface area contributed by atoms with Crippen LogP contribution in [0.5, 0.6) is 11.5 Å². The lowest BCUT2D eigenvalue weighted by atomic mass is 9.78. The Morgan fingerprint density at radius 3 is 1.75 bits per heavy atom. The van der Waals surface area contributed by atoms with Crippen molar-refractivity contribution in [1.29, 1.82) is 0 Å². The van der Waals surface area contributed by atoms with E-state index in [-0.39, 0.29) is 11.2 Å². The lowest BCUT2D eigenvalue weighted by Crippen LogP contribution is -2.18. The molecule has 2 aromatic rings. The van der Waals surface area contributed by atoms with Gasteiger partial charge in [-0.25, -0.2) is 0 Å². The van der Waals surface area contributed by atoms with Gasteiger partial charge in [-0.3, -0.25) is 0 Å². The SMILES string of the molecule is CC(C)(c1ccc(O)cc1)c1ccc(OP(O)O)cc1. The molecule has 2 aromatic carbocycles. The minimum atomic E-state index is -2.39. The van der Waals surface area contributed by atoms with E-state index in [0.717, 1.165) is 11.1 Å². The van der Waals surface area contributed by atoms with Gasteiger partial charge in [0.25, 0.3) is 0 Å². The fourth-order valence-electron chi connectivity index (χ4n) is 2.07. The Bertz CT molecular complexity index is 561. The number of rotatable bonds is 4. The molecule has 0 unspecified atom stereocenters.